The number of nitrogens with zero attached hydrogens (tertiary/aromatic N) is 4. The number of nitriles is 1. The molecule has 4 aromatic rings. The number of nitrogens with one attached hydrogen (secondary N) is 1. The first-order chi connectivity index (χ1) is 16.6. The predicted octanol–water partition coefficient (Wildman–Crippen LogP) is 5.08. The molecule has 2 aromatic carbocycles. The maximum Gasteiger partial charge on any atom is 0.433 e. The first-order valence-corrected chi connectivity index (χ1v) is 10.6. The second-order valence-electron chi connectivity index (χ2n) is 7.35. The van der Waals surface area contributed by atoms with Crippen LogP contribution >= 0.6 is 15.9 Å². The Morgan fingerprint density at radius 3 is 2.49 bits per heavy atom. The standard InChI is InChI=1S/C23H13BrF3N5O3/c24-14-5-6-17-15(7-14)16(8-19(30-17)23(25,26)27)21(33)31-18-10-29-32(20(18)22(34)35)11-13-3-1-12(9-28)2-4-13/h1-8,10H,11H2,(H,31,33)(H,34,35). The van der Waals surface area contributed by atoms with Gasteiger partial charge in [-0.2, -0.15) is 23.5 Å². The summed E-state index contributed by atoms with van der Waals surface area (Å²) in [7, 11) is 0. The number of benzene rings is 2. The zero-order chi connectivity index (χ0) is 25.3. The van der Waals surface area contributed by atoms with Crippen molar-refractivity contribution in [3.63, 3.8) is 0 Å². The second kappa shape index (κ2) is 9.19. The lowest BCUT2D eigenvalue weighted by Crippen LogP contribution is -2.18. The molecule has 176 valence electrons. The zero-order valence-corrected chi connectivity index (χ0v) is 19.1. The third-order valence-electron chi connectivity index (χ3n) is 5.01. The summed E-state index contributed by atoms with van der Waals surface area (Å²) in [5.74, 6) is -2.36. The fraction of sp³-hybridized carbons (Fsp3) is 0.0870. The average molecular weight is 544 g/mol. The molecule has 0 aliphatic carbocycles. The highest BCUT2D eigenvalue weighted by Crippen LogP contribution is 2.32. The Hall–Kier alpha value is -4.24. The van der Waals surface area contributed by atoms with E-state index in [-0.39, 0.29) is 34.4 Å². The van der Waals surface area contributed by atoms with Crippen molar-refractivity contribution in [2.45, 2.75) is 12.7 Å². The molecule has 0 atom stereocenters. The maximum absolute atomic E-state index is 13.4. The second-order valence-corrected chi connectivity index (χ2v) is 8.26. The van der Waals surface area contributed by atoms with Crippen LogP contribution in [-0.2, 0) is 12.7 Å². The number of alkyl halides is 3. The molecule has 8 nitrogen and oxygen atoms in total. The molecule has 12 heteroatoms. The number of pyridine rings is 1. The summed E-state index contributed by atoms with van der Waals surface area (Å²) in [5.41, 5.74) is -1.12. The van der Waals surface area contributed by atoms with Crippen LogP contribution in [0, 0.1) is 11.3 Å². The van der Waals surface area contributed by atoms with E-state index >= 15 is 0 Å². The predicted molar refractivity (Wildman–Crippen MR) is 122 cm³/mol. The molecule has 0 aliphatic heterocycles. The van der Waals surface area contributed by atoms with E-state index in [0.717, 1.165) is 10.9 Å². The molecule has 4 rings (SSSR count). The molecule has 0 saturated heterocycles. The molecular formula is C23H13BrF3N5O3. The smallest absolute Gasteiger partial charge is 0.433 e. The number of anilines is 1. The van der Waals surface area contributed by atoms with Crippen LogP contribution in [-0.4, -0.2) is 31.7 Å². The summed E-state index contributed by atoms with van der Waals surface area (Å²) in [6, 6.07) is 13.3. The molecule has 0 aliphatic rings. The lowest BCUT2D eigenvalue weighted by molar-refractivity contribution is -0.141. The van der Waals surface area contributed by atoms with Crippen molar-refractivity contribution >= 4 is 44.4 Å². The van der Waals surface area contributed by atoms with Crippen LogP contribution in [0.1, 0.15) is 37.7 Å². The summed E-state index contributed by atoms with van der Waals surface area (Å²) >= 11 is 3.22. The van der Waals surface area contributed by atoms with Gasteiger partial charge in [0.1, 0.15) is 5.69 Å². The van der Waals surface area contributed by atoms with Gasteiger partial charge in [0.15, 0.2) is 5.69 Å². The molecule has 0 saturated carbocycles. The Kier molecular flexibility index (Phi) is 6.27. The van der Waals surface area contributed by atoms with Crippen molar-refractivity contribution in [3.05, 3.63) is 87.3 Å². The summed E-state index contributed by atoms with van der Waals surface area (Å²) < 4.78 is 41.8. The number of fused-ring (bicyclic) bond motifs is 1. The highest BCUT2D eigenvalue weighted by atomic mass is 79.9. The van der Waals surface area contributed by atoms with Gasteiger partial charge in [-0.15, -0.1) is 0 Å². The Labute approximate surface area is 203 Å². The third-order valence-corrected chi connectivity index (χ3v) is 5.50. The molecule has 0 radical (unpaired) electrons. The van der Waals surface area contributed by atoms with Crippen LogP contribution in [0.2, 0.25) is 0 Å². The number of hydrogen-bond donors (Lipinski definition) is 2. The van der Waals surface area contributed by atoms with Gasteiger partial charge in [0.25, 0.3) is 5.91 Å². The van der Waals surface area contributed by atoms with Gasteiger partial charge in [0.05, 0.1) is 41.1 Å². The molecular weight excluding hydrogens is 531 g/mol. The summed E-state index contributed by atoms with van der Waals surface area (Å²) in [4.78, 5) is 28.6. The number of carboxylic acids is 1. The van der Waals surface area contributed by atoms with E-state index in [9.17, 15) is 27.9 Å². The number of carbonyl (C=O) groups excluding carboxylic acids is 1. The minimum absolute atomic E-state index is 0.0204. The molecule has 0 unspecified atom stereocenters. The van der Waals surface area contributed by atoms with E-state index in [1.165, 1.54) is 18.2 Å². The molecule has 2 N–H and O–H groups in total. The number of aromatic carboxylic acids is 1. The number of hydrogen-bond acceptors (Lipinski definition) is 5. The number of rotatable bonds is 5. The fourth-order valence-corrected chi connectivity index (χ4v) is 3.76. The summed E-state index contributed by atoms with van der Waals surface area (Å²) in [5, 5.41) is 25.1. The van der Waals surface area contributed by atoms with Gasteiger partial charge < -0.3 is 10.4 Å². The lowest BCUT2D eigenvalue weighted by atomic mass is 10.1. The Morgan fingerprint density at radius 1 is 1.14 bits per heavy atom. The molecule has 35 heavy (non-hydrogen) atoms. The van der Waals surface area contributed by atoms with Crippen molar-refractivity contribution in [1.29, 1.82) is 5.26 Å². The molecule has 0 spiro atoms. The van der Waals surface area contributed by atoms with E-state index in [2.05, 4.69) is 31.3 Å². The van der Waals surface area contributed by atoms with Crippen LogP contribution in [0.5, 0.6) is 0 Å². The normalized spacial score (nSPS) is 11.3. The molecule has 0 bridgehead atoms. The summed E-state index contributed by atoms with van der Waals surface area (Å²) in [6.07, 6.45) is -3.69. The van der Waals surface area contributed by atoms with E-state index in [0.29, 0.717) is 21.7 Å². The van der Waals surface area contributed by atoms with Gasteiger partial charge >= 0.3 is 12.1 Å². The first-order valence-electron chi connectivity index (χ1n) is 9.84. The minimum Gasteiger partial charge on any atom is -0.476 e. The van der Waals surface area contributed by atoms with E-state index < -0.39 is 23.7 Å². The quantitative estimate of drug-likeness (QED) is 0.362. The van der Waals surface area contributed by atoms with Crippen molar-refractivity contribution in [3.8, 4) is 6.07 Å². The van der Waals surface area contributed by atoms with Gasteiger partial charge in [-0.25, -0.2) is 9.78 Å². The molecule has 1 amide bonds. The van der Waals surface area contributed by atoms with E-state index in [4.69, 9.17) is 5.26 Å². The number of halogens is 4. The van der Waals surface area contributed by atoms with Crippen molar-refractivity contribution in [1.82, 2.24) is 14.8 Å². The average Bonchev–Trinajstić information content (AvgIpc) is 3.20. The zero-order valence-electron chi connectivity index (χ0n) is 17.5. The molecule has 0 fully saturated rings. The largest absolute Gasteiger partial charge is 0.476 e. The van der Waals surface area contributed by atoms with Crippen LogP contribution in [0.3, 0.4) is 0 Å². The molecule has 2 aromatic heterocycles. The highest BCUT2D eigenvalue weighted by Gasteiger charge is 2.34. The third kappa shape index (κ3) is 4.99. The number of carbonyl (C=O) groups is 2. The lowest BCUT2D eigenvalue weighted by Gasteiger charge is -2.12. The number of aromatic nitrogens is 3. The fourth-order valence-electron chi connectivity index (χ4n) is 3.40. The Morgan fingerprint density at radius 2 is 1.86 bits per heavy atom. The Balaban J connectivity index is 1.71. The van der Waals surface area contributed by atoms with Gasteiger partial charge in [-0.3, -0.25) is 9.48 Å². The number of carboxylic acid groups (broad SMARTS) is 1. The van der Waals surface area contributed by atoms with E-state index in [1.807, 2.05) is 6.07 Å². The van der Waals surface area contributed by atoms with Gasteiger partial charge in [0, 0.05) is 9.86 Å². The van der Waals surface area contributed by atoms with Crippen LogP contribution < -0.4 is 5.32 Å². The topological polar surface area (TPSA) is 121 Å². The van der Waals surface area contributed by atoms with Crippen molar-refractivity contribution in [2.75, 3.05) is 5.32 Å². The van der Waals surface area contributed by atoms with Crippen LogP contribution in [0.15, 0.2) is 59.2 Å². The van der Waals surface area contributed by atoms with E-state index in [1.54, 1.807) is 24.3 Å². The monoisotopic (exact) mass is 543 g/mol. The number of amides is 1. The van der Waals surface area contributed by atoms with Crippen LogP contribution in [0.25, 0.3) is 10.9 Å². The minimum atomic E-state index is -4.80. The highest BCUT2D eigenvalue weighted by molar-refractivity contribution is 9.10. The first kappa shape index (κ1) is 23.9. The summed E-state index contributed by atoms with van der Waals surface area (Å²) in [6.45, 7) is 0.0204. The van der Waals surface area contributed by atoms with Gasteiger partial charge in [0.2, 0.25) is 0 Å². The van der Waals surface area contributed by atoms with Gasteiger partial charge in [-0.1, -0.05) is 28.1 Å². The van der Waals surface area contributed by atoms with Gasteiger partial charge in [-0.05, 0) is 42.0 Å². The maximum atomic E-state index is 13.4. The Bertz CT molecular complexity index is 1510. The van der Waals surface area contributed by atoms with Crippen molar-refractivity contribution < 1.29 is 27.9 Å². The SMILES string of the molecule is N#Cc1ccc(Cn2ncc(NC(=O)c3cc(C(F)(F)F)nc4ccc(Br)cc34)c2C(=O)O)cc1. The van der Waals surface area contributed by atoms with Crippen LogP contribution in [0.4, 0.5) is 18.9 Å². The molecule has 2 heterocycles. The van der Waals surface area contributed by atoms with Crippen molar-refractivity contribution in [2.24, 2.45) is 0 Å².